The van der Waals surface area contributed by atoms with Gasteiger partial charge in [-0.3, -0.25) is 0 Å². The Hall–Kier alpha value is -7.65. The van der Waals surface area contributed by atoms with Crippen LogP contribution in [0.25, 0.3) is 22.3 Å². The fourth-order valence-corrected chi connectivity index (χ4v) is 20.5. The molecule has 6 aliphatic rings. The largest absolute Gasteiger partial charge is 0.457 e. The van der Waals surface area contributed by atoms with E-state index in [0.717, 1.165) is 34.4 Å². The Bertz CT molecular complexity index is 4270. The molecule has 0 fully saturated rings. The van der Waals surface area contributed by atoms with Gasteiger partial charge in [0, 0.05) is 61.4 Å². The van der Waals surface area contributed by atoms with Gasteiger partial charge in [0.25, 0.3) is 0 Å². The number of ether oxygens (including phenoxy) is 2. The quantitative estimate of drug-likeness (QED) is 0.146. The highest BCUT2D eigenvalue weighted by Crippen LogP contribution is 2.60. The van der Waals surface area contributed by atoms with Gasteiger partial charge in [-0.15, -0.1) is 0 Å². The van der Waals surface area contributed by atoms with Gasteiger partial charge in [0.05, 0.1) is 5.69 Å². The fourth-order valence-electron chi connectivity index (χ4n) is 14.6. The third-order valence-electron chi connectivity index (χ3n) is 18.1. The van der Waals surface area contributed by atoms with Crippen molar-refractivity contribution in [3.05, 3.63) is 246 Å². The Balaban J connectivity index is 0.938. The average Bonchev–Trinajstić information content (AvgIpc) is 3.44. The summed E-state index contributed by atoms with van der Waals surface area (Å²) in [4.78, 5) is 13.4. The Morgan fingerprint density at radius 2 is 0.732 bits per heavy atom. The van der Waals surface area contributed by atoms with Crippen LogP contribution in [0.4, 0.5) is 17.1 Å². The van der Waals surface area contributed by atoms with Crippen molar-refractivity contribution in [3.63, 3.8) is 0 Å². The normalized spacial score (nSPS) is 15.1. The Morgan fingerprint density at radius 3 is 1.16 bits per heavy atom. The van der Waals surface area contributed by atoms with E-state index < -0.39 is 0 Å². The minimum Gasteiger partial charge on any atom is -0.457 e. The first-order valence-corrected chi connectivity index (χ1v) is 31.5. The summed E-state index contributed by atoms with van der Waals surface area (Å²) in [7, 11) is 0. The molecule has 0 amide bonds. The van der Waals surface area contributed by atoms with Crippen LogP contribution < -0.4 is 47.2 Å². The van der Waals surface area contributed by atoms with Crippen molar-refractivity contribution in [2.45, 2.75) is 84.6 Å². The Labute approximate surface area is 497 Å². The van der Waals surface area contributed by atoms with Gasteiger partial charge < -0.3 is 14.4 Å². The lowest BCUT2D eigenvalue weighted by atomic mass is 9.31. The van der Waals surface area contributed by atoms with Crippen LogP contribution in [0.15, 0.2) is 258 Å². The number of anilines is 3. The van der Waals surface area contributed by atoms with Crippen LogP contribution in [-0.2, 0) is 10.8 Å². The van der Waals surface area contributed by atoms with Crippen LogP contribution in [0.3, 0.4) is 0 Å². The molecule has 4 heterocycles. The highest BCUT2D eigenvalue weighted by atomic mass is 32.2. The van der Waals surface area contributed by atoms with Gasteiger partial charge >= 0.3 is 0 Å². The van der Waals surface area contributed by atoms with Crippen molar-refractivity contribution in [2.24, 2.45) is 0 Å². The van der Waals surface area contributed by atoms with Crippen molar-refractivity contribution >= 4 is 110 Å². The smallest absolute Gasteiger partial charge is 0.247 e. The molecular weight excluding hydrogens is 1070 g/mol. The summed E-state index contributed by atoms with van der Waals surface area (Å²) >= 11 is 7.96. The average molecular weight is 1120 g/mol. The van der Waals surface area contributed by atoms with Crippen LogP contribution in [0.2, 0.25) is 0 Å². The topological polar surface area (TPSA) is 21.7 Å². The molecule has 2 aliphatic carbocycles. The lowest BCUT2D eigenvalue weighted by Crippen LogP contribution is -2.64. The molecule has 0 radical (unpaired) electrons. The number of rotatable bonds is 7. The second-order valence-electron chi connectivity index (χ2n) is 23.4. The summed E-state index contributed by atoms with van der Waals surface area (Å²) in [5.41, 5.74) is 23.5. The molecule has 9 heteroatoms. The molecule has 0 atom stereocenters. The zero-order valence-corrected chi connectivity index (χ0v) is 49.1. The lowest BCUT2D eigenvalue weighted by Gasteiger charge is -2.43. The molecule has 11 aromatic carbocycles. The molecule has 390 valence electrons. The van der Waals surface area contributed by atoms with E-state index in [1.165, 1.54) is 128 Å². The molecule has 82 heavy (non-hydrogen) atoms. The molecule has 0 bridgehead atoms. The number of para-hydroxylation sites is 4. The van der Waals surface area contributed by atoms with Gasteiger partial charge in [0.2, 0.25) is 13.4 Å². The van der Waals surface area contributed by atoms with Crippen LogP contribution in [0, 0.1) is 6.92 Å². The molecule has 4 aliphatic heterocycles. The molecule has 0 unspecified atom stereocenters. The van der Waals surface area contributed by atoms with Gasteiger partial charge in [-0.1, -0.05) is 223 Å². The minimum absolute atomic E-state index is 0.0160. The highest BCUT2D eigenvalue weighted by Gasteiger charge is 2.52. The van der Waals surface area contributed by atoms with E-state index in [4.69, 9.17) is 9.47 Å². The van der Waals surface area contributed by atoms with Gasteiger partial charge in [-0.2, -0.15) is 0 Å². The van der Waals surface area contributed by atoms with Crippen LogP contribution in [-0.4, -0.2) is 13.4 Å². The van der Waals surface area contributed by atoms with Crippen molar-refractivity contribution in [3.8, 4) is 45.3 Å². The first kappa shape index (κ1) is 49.0. The summed E-state index contributed by atoms with van der Waals surface area (Å²) in [6.45, 7) is 12.2. The maximum atomic E-state index is 6.56. The molecule has 0 N–H and O–H groups in total. The van der Waals surface area contributed by atoms with Crippen molar-refractivity contribution in [2.75, 3.05) is 4.90 Å². The van der Waals surface area contributed by atoms with Gasteiger partial charge in [0.15, 0.2) is 0 Å². The van der Waals surface area contributed by atoms with Gasteiger partial charge in [-0.25, -0.2) is 0 Å². The number of benzene rings is 11. The van der Waals surface area contributed by atoms with Crippen molar-refractivity contribution in [1.82, 2.24) is 0 Å². The third kappa shape index (κ3) is 7.06. The zero-order chi connectivity index (χ0) is 54.8. The molecule has 0 aromatic heterocycles. The number of hydrogen-bond acceptors (Lipinski definition) is 7. The van der Waals surface area contributed by atoms with E-state index in [-0.39, 0.29) is 24.3 Å². The number of fused-ring (bicyclic) bond motifs is 16. The molecule has 0 spiro atoms. The zero-order valence-electron chi connectivity index (χ0n) is 45.8. The fraction of sp³-hybridized carbons (Fsp3) is 0.0959. The molecule has 11 aromatic rings. The van der Waals surface area contributed by atoms with E-state index in [0.29, 0.717) is 0 Å². The molecule has 17 rings (SSSR count). The molecule has 3 nitrogen and oxygen atoms in total. The highest BCUT2D eigenvalue weighted by molar-refractivity contribution is 8.02. The predicted molar refractivity (Wildman–Crippen MR) is 346 cm³/mol. The van der Waals surface area contributed by atoms with Crippen LogP contribution >= 0.6 is 47.0 Å². The first-order valence-electron chi connectivity index (χ1n) is 28.3. The summed E-state index contributed by atoms with van der Waals surface area (Å²) in [5, 5.41) is 0. The second kappa shape index (κ2) is 18.2. The molecular formula is C73H51B2NO2S4. The summed E-state index contributed by atoms with van der Waals surface area (Å²) in [6, 6.07) is 80.0. The Morgan fingerprint density at radius 1 is 0.354 bits per heavy atom. The number of hydrogen-bond donors (Lipinski definition) is 0. The number of nitrogens with zero attached hydrogens (tertiary/aromatic N) is 1. The van der Waals surface area contributed by atoms with E-state index in [1.807, 2.05) is 108 Å². The molecule has 0 saturated carbocycles. The summed E-state index contributed by atoms with van der Waals surface area (Å²) < 4.78 is 13.1. The van der Waals surface area contributed by atoms with Crippen LogP contribution in [0.1, 0.15) is 55.5 Å². The third-order valence-corrected chi connectivity index (χ3v) is 22.9. The van der Waals surface area contributed by atoms with Gasteiger partial charge in [0.1, 0.15) is 23.0 Å². The van der Waals surface area contributed by atoms with Crippen molar-refractivity contribution in [1.29, 1.82) is 0 Å². The van der Waals surface area contributed by atoms with E-state index in [9.17, 15) is 0 Å². The Kier molecular flexibility index (Phi) is 10.9. The van der Waals surface area contributed by atoms with Gasteiger partial charge in [-0.05, 0) is 159 Å². The molecule has 0 saturated heterocycles. The SMILES string of the molecule is Cc1c2c(c(N(c3ccccc3)c3ccccc3)c3c1B1c4ccccc4Sc4c1c(cc1c4C(C)(C)c4cc(Oc5ccccc5)ccc4-1)S3)Sc1cc3c(c4c1B2c1ccccc1S4)C(C)(C)c1cc(Oc2ccccc2)ccc1-3. The summed E-state index contributed by atoms with van der Waals surface area (Å²) in [6.07, 6.45) is 0. The van der Waals surface area contributed by atoms with E-state index >= 15 is 0 Å². The summed E-state index contributed by atoms with van der Waals surface area (Å²) in [5.74, 6) is 3.41. The van der Waals surface area contributed by atoms with E-state index in [2.05, 4.69) is 197 Å². The van der Waals surface area contributed by atoms with Crippen LogP contribution in [0.5, 0.6) is 23.0 Å². The van der Waals surface area contributed by atoms with Crippen molar-refractivity contribution < 1.29 is 9.47 Å². The maximum absolute atomic E-state index is 6.56. The predicted octanol–water partition coefficient (Wildman–Crippen LogP) is 16.6. The minimum atomic E-state index is -0.294. The standard InChI is InChI=1S/C73H51B2NO2S4/c1-42-63-70(81-59-40-51-49-36-34-47(77-45-26-14-8-15-27-45)38-53(49)72(2,3)61(51)68-65(59)74(63)55-30-18-20-32-57(55)79-68)67(76(43-22-10-6-11-23-43)44-24-12-7-13-25-44)71-64(42)75-56-31-19-21-33-58(56)80-69-62-52(41-60(82-71)66(69)75)50-37-35-48(39-54(50)73(62,4)5)78-46-28-16-9-17-29-46/h6-41H,1-5H3. The lowest BCUT2D eigenvalue weighted by molar-refractivity contribution is 0.480. The first-order chi connectivity index (χ1) is 40.1. The monoisotopic (exact) mass is 1120 g/mol. The maximum Gasteiger partial charge on any atom is 0.247 e. The van der Waals surface area contributed by atoms with E-state index in [1.54, 1.807) is 0 Å². The second-order valence-corrected chi connectivity index (χ2v) is 27.6.